The first-order valence-corrected chi connectivity index (χ1v) is 12.3. The molecule has 0 saturated carbocycles. The van der Waals surface area contributed by atoms with E-state index in [0.29, 0.717) is 13.0 Å². The van der Waals surface area contributed by atoms with Crippen LogP contribution in [0.2, 0.25) is 0 Å². The van der Waals surface area contributed by atoms with Crippen molar-refractivity contribution in [2.75, 3.05) is 32.7 Å². The van der Waals surface area contributed by atoms with Crippen LogP contribution in [-0.2, 0) is 30.7 Å². The summed E-state index contributed by atoms with van der Waals surface area (Å²) in [4.78, 5) is 22.2. The molecule has 0 atom stereocenters. The maximum atomic E-state index is 12.6. The van der Waals surface area contributed by atoms with Gasteiger partial charge in [0.25, 0.3) is 0 Å². The van der Waals surface area contributed by atoms with Crippen molar-refractivity contribution in [3.63, 3.8) is 0 Å². The van der Waals surface area contributed by atoms with E-state index >= 15 is 0 Å². The number of carbonyl (C=O) groups is 1. The molecule has 2 heterocycles. The second-order valence-electron chi connectivity index (χ2n) is 8.33. The zero-order valence-corrected chi connectivity index (χ0v) is 19.6. The van der Waals surface area contributed by atoms with Crippen molar-refractivity contribution >= 4 is 17.2 Å². The summed E-state index contributed by atoms with van der Waals surface area (Å²) < 4.78 is 0. The van der Waals surface area contributed by atoms with Crippen LogP contribution < -0.4 is 5.32 Å². The largest absolute Gasteiger partial charge is 0.352 e. The van der Waals surface area contributed by atoms with Crippen LogP contribution >= 0.6 is 11.3 Å². The minimum atomic E-state index is 0.0212. The van der Waals surface area contributed by atoms with Crippen LogP contribution in [0, 0.1) is 0 Å². The fourth-order valence-corrected chi connectivity index (χ4v) is 4.92. The van der Waals surface area contributed by atoms with Crippen LogP contribution in [0.25, 0.3) is 0 Å². The molecule has 1 amide bonds. The summed E-state index contributed by atoms with van der Waals surface area (Å²) in [5.74, 6) is 0.0212. The van der Waals surface area contributed by atoms with Crippen molar-refractivity contribution in [2.24, 2.45) is 0 Å². The zero-order valence-electron chi connectivity index (χ0n) is 18.8. The van der Waals surface area contributed by atoms with E-state index in [1.165, 1.54) is 16.7 Å². The number of likely N-dealkylation sites (N-methyl/N-ethyl adjacent to an activating group) is 1. The number of rotatable bonds is 9. The molecule has 168 valence electrons. The Balaban J connectivity index is 1.27. The molecule has 6 heteroatoms. The third-order valence-corrected chi connectivity index (χ3v) is 6.94. The van der Waals surface area contributed by atoms with Crippen molar-refractivity contribution in [2.45, 2.75) is 32.9 Å². The number of aromatic nitrogens is 1. The Hall–Kier alpha value is -2.54. The van der Waals surface area contributed by atoms with Crippen LogP contribution in [0.4, 0.5) is 0 Å². The normalized spacial score (nSPS) is 15.0. The van der Waals surface area contributed by atoms with Crippen molar-refractivity contribution in [3.8, 4) is 0 Å². The topological polar surface area (TPSA) is 48.5 Å². The highest BCUT2D eigenvalue weighted by atomic mass is 32.1. The number of hydrogen-bond donors (Lipinski definition) is 1. The number of piperazine rings is 1. The Morgan fingerprint density at radius 3 is 2.41 bits per heavy atom. The Kier molecular flexibility index (Phi) is 8.04. The number of amides is 1. The standard InChI is InChI=1S/C26H32N4OS/c1-2-29-12-14-30(15-13-29)19-23-11-7-6-10-22(23)18-27-25(31)17-24-20-32-26(28-24)16-21-8-4-3-5-9-21/h3-11,20H,2,12-19H2,1H3,(H,27,31). The average molecular weight is 449 g/mol. The van der Waals surface area contributed by atoms with Gasteiger partial charge in [-0.3, -0.25) is 9.69 Å². The average Bonchev–Trinajstić information content (AvgIpc) is 3.26. The van der Waals surface area contributed by atoms with Crippen LogP contribution in [0.1, 0.15) is 34.3 Å². The molecule has 0 spiro atoms. The minimum absolute atomic E-state index is 0.0212. The molecular weight excluding hydrogens is 416 g/mol. The molecular formula is C26H32N4OS. The summed E-state index contributed by atoms with van der Waals surface area (Å²) in [6.07, 6.45) is 1.14. The van der Waals surface area contributed by atoms with Gasteiger partial charge in [-0.1, -0.05) is 61.5 Å². The monoisotopic (exact) mass is 448 g/mol. The molecule has 2 aromatic carbocycles. The van der Waals surface area contributed by atoms with Crippen LogP contribution in [0.3, 0.4) is 0 Å². The summed E-state index contributed by atoms with van der Waals surface area (Å²) in [7, 11) is 0. The first-order chi connectivity index (χ1) is 15.7. The van der Waals surface area contributed by atoms with E-state index in [-0.39, 0.29) is 5.91 Å². The van der Waals surface area contributed by atoms with Gasteiger partial charge in [-0.15, -0.1) is 11.3 Å². The molecule has 5 nitrogen and oxygen atoms in total. The number of hydrogen-bond acceptors (Lipinski definition) is 5. The molecule has 0 radical (unpaired) electrons. The molecule has 1 N–H and O–H groups in total. The van der Waals surface area contributed by atoms with Crippen LogP contribution in [0.15, 0.2) is 60.0 Å². The number of carbonyl (C=O) groups excluding carboxylic acids is 1. The smallest absolute Gasteiger partial charge is 0.226 e. The lowest BCUT2D eigenvalue weighted by atomic mass is 10.1. The predicted molar refractivity (Wildman–Crippen MR) is 131 cm³/mol. The van der Waals surface area contributed by atoms with Gasteiger partial charge in [0.15, 0.2) is 0 Å². The van der Waals surface area contributed by atoms with Crippen molar-refractivity contribution in [1.82, 2.24) is 20.1 Å². The molecule has 1 fully saturated rings. The van der Waals surface area contributed by atoms with Crippen LogP contribution in [0.5, 0.6) is 0 Å². The number of nitrogens with one attached hydrogen (secondary N) is 1. The summed E-state index contributed by atoms with van der Waals surface area (Å²) in [6, 6.07) is 18.8. The molecule has 4 rings (SSSR count). The second-order valence-corrected chi connectivity index (χ2v) is 9.27. The fraction of sp³-hybridized carbons (Fsp3) is 0.385. The van der Waals surface area contributed by atoms with E-state index in [1.807, 2.05) is 23.6 Å². The van der Waals surface area contributed by atoms with Gasteiger partial charge in [-0.25, -0.2) is 4.98 Å². The molecule has 1 aliphatic rings. The van der Waals surface area contributed by atoms with E-state index in [9.17, 15) is 4.79 Å². The predicted octanol–water partition coefficient (Wildman–Crippen LogP) is 3.73. The van der Waals surface area contributed by atoms with E-state index in [4.69, 9.17) is 0 Å². The number of nitrogens with zero attached hydrogens (tertiary/aromatic N) is 3. The van der Waals surface area contributed by atoms with E-state index < -0.39 is 0 Å². The lowest BCUT2D eigenvalue weighted by molar-refractivity contribution is -0.120. The van der Waals surface area contributed by atoms with Gasteiger partial charge in [0.1, 0.15) is 0 Å². The molecule has 1 saturated heterocycles. The van der Waals surface area contributed by atoms with Gasteiger partial charge in [-0.05, 0) is 23.2 Å². The molecule has 3 aromatic rings. The second kappa shape index (κ2) is 11.4. The summed E-state index contributed by atoms with van der Waals surface area (Å²) in [6.45, 7) is 9.33. The maximum Gasteiger partial charge on any atom is 0.226 e. The highest BCUT2D eigenvalue weighted by molar-refractivity contribution is 7.09. The lowest BCUT2D eigenvalue weighted by Crippen LogP contribution is -2.45. The first kappa shape index (κ1) is 22.6. The number of thiazole rings is 1. The van der Waals surface area contributed by atoms with Gasteiger partial charge in [0, 0.05) is 51.1 Å². The third kappa shape index (κ3) is 6.48. The molecule has 1 aliphatic heterocycles. The Morgan fingerprint density at radius 1 is 0.969 bits per heavy atom. The lowest BCUT2D eigenvalue weighted by Gasteiger charge is -2.34. The summed E-state index contributed by atoms with van der Waals surface area (Å²) in [5.41, 5.74) is 4.59. The quantitative estimate of drug-likeness (QED) is 0.542. The third-order valence-electron chi connectivity index (χ3n) is 6.04. The van der Waals surface area contributed by atoms with E-state index in [2.05, 4.69) is 63.4 Å². The SMILES string of the molecule is CCN1CCN(Cc2ccccc2CNC(=O)Cc2csc(Cc3ccccc3)n2)CC1. The molecule has 32 heavy (non-hydrogen) atoms. The van der Waals surface area contributed by atoms with Gasteiger partial charge in [0.2, 0.25) is 5.91 Å². The Bertz CT molecular complexity index is 996. The van der Waals surface area contributed by atoms with Crippen molar-refractivity contribution in [3.05, 3.63) is 87.4 Å². The van der Waals surface area contributed by atoms with Crippen molar-refractivity contribution in [1.29, 1.82) is 0 Å². The Morgan fingerprint density at radius 2 is 1.66 bits per heavy atom. The summed E-state index contributed by atoms with van der Waals surface area (Å²) >= 11 is 1.62. The summed E-state index contributed by atoms with van der Waals surface area (Å²) in [5, 5.41) is 6.15. The molecule has 1 aromatic heterocycles. The molecule has 0 bridgehead atoms. The minimum Gasteiger partial charge on any atom is -0.352 e. The van der Waals surface area contributed by atoms with E-state index in [1.54, 1.807) is 11.3 Å². The van der Waals surface area contributed by atoms with Gasteiger partial charge >= 0.3 is 0 Å². The van der Waals surface area contributed by atoms with Gasteiger partial charge < -0.3 is 10.2 Å². The first-order valence-electron chi connectivity index (χ1n) is 11.4. The van der Waals surface area contributed by atoms with Crippen molar-refractivity contribution < 1.29 is 4.79 Å². The highest BCUT2D eigenvalue weighted by Gasteiger charge is 2.17. The highest BCUT2D eigenvalue weighted by Crippen LogP contribution is 2.16. The zero-order chi connectivity index (χ0) is 22.2. The van der Waals surface area contributed by atoms with Gasteiger partial charge in [0.05, 0.1) is 17.1 Å². The Labute approximate surface area is 195 Å². The number of benzene rings is 2. The van der Waals surface area contributed by atoms with Crippen LogP contribution in [-0.4, -0.2) is 53.4 Å². The maximum absolute atomic E-state index is 12.6. The fourth-order valence-electron chi connectivity index (χ4n) is 4.09. The van der Waals surface area contributed by atoms with Gasteiger partial charge in [-0.2, -0.15) is 0 Å². The molecule has 0 unspecified atom stereocenters. The molecule has 0 aliphatic carbocycles. The van der Waals surface area contributed by atoms with E-state index in [0.717, 1.165) is 56.4 Å².